The van der Waals surface area contributed by atoms with Crippen molar-refractivity contribution in [2.45, 2.75) is 52.9 Å². The van der Waals surface area contributed by atoms with Crippen LogP contribution in [0.1, 0.15) is 77.4 Å². The number of thiophene rings is 1. The topological polar surface area (TPSA) is 87.5 Å². The van der Waals surface area contributed by atoms with Gasteiger partial charge in [0.15, 0.2) is 5.69 Å². The molecular formula is C31H38N4O3S. The van der Waals surface area contributed by atoms with Crippen molar-refractivity contribution in [2.24, 2.45) is 18.9 Å². The van der Waals surface area contributed by atoms with E-state index in [1.165, 1.54) is 48.2 Å². The summed E-state index contributed by atoms with van der Waals surface area (Å²) in [6.07, 6.45) is 5.78. The van der Waals surface area contributed by atoms with Crippen molar-refractivity contribution >= 4 is 34.5 Å². The molecule has 39 heavy (non-hydrogen) atoms. The molecule has 3 aromatic rings. The Morgan fingerprint density at radius 1 is 1.13 bits per heavy atom. The summed E-state index contributed by atoms with van der Waals surface area (Å²) in [4.78, 5) is 28.9. The molecule has 0 atom stereocenters. The van der Waals surface area contributed by atoms with E-state index in [1.807, 2.05) is 38.2 Å². The van der Waals surface area contributed by atoms with Crippen molar-refractivity contribution in [3.05, 3.63) is 63.8 Å². The molecule has 3 heterocycles. The van der Waals surface area contributed by atoms with Gasteiger partial charge in [0.2, 0.25) is 0 Å². The van der Waals surface area contributed by atoms with Crippen LogP contribution in [0.2, 0.25) is 0 Å². The monoisotopic (exact) mass is 546 g/mol. The van der Waals surface area contributed by atoms with Gasteiger partial charge in [-0.3, -0.25) is 14.4 Å². The number of carbonyl (C=O) groups excluding carboxylic acids is 1. The highest BCUT2D eigenvalue weighted by atomic mass is 32.1. The van der Waals surface area contributed by atoms with Crippen LogP contribution in [0, 0.1) is 18.8 Å². The molecule has 8 heteroatoms. The number of hydrogen-bond acceptors (Lipinski definition) is 5. The van der Waals surface area contributed by atoms with Crippen LogP contribution in [0.15, 0.2) is 42.0 Å². The number of nitrogens with one attached hydrogen (secondary N) is 1. The summed E-state index contributed by atoms with van der Waals surface area (Å²) in [5.74, 6) is 0.200. The van der Waals surface area contributed by atoms with Crippen LogP contribution in [-0.4, -0.2) is 51.3 Å². The molecule has 1 saturated carbocycles. The Bertz CT molecular complexity index is 1370. The van der Waals surface area contributed by atoms with E-state index in [4.69, 9.17) is 0 Å². The lowest BCUT2D eigenvalue weighted by Gasteiger charge is -2.36. The molecule has 0 spiro atoms. The van der Waals surface area contributed by atoms with Crippen LogP contribution in [0.25, 0.3) is 16.0 Å². The molecule has 0 radical (unpaired) electrons. The van der Waals surface area contributed by atoms with E-state index >= 15 is 0 Å². The molecule has 5 rings (SSSR count). The molecule has 0 unspecified atom stereocenters. The summed E-state index contributed by atoms with van der Waals surface area (Å²) in [7, 11) is 1.81. The molecule has 7 nitrogen and oxygen atoms in total. The maximum atomic E-state index is 12.6. The fraction of sp³-hybridized carbons (Fsp3) is 0.452. The van der Waals surface area contributed by atoms with Crippen molar-refractivity contribution in [2.75, 3.05) is 25.0 Å². The second-order valence-corrected chi connectivity index (χ2v) is 12.1. The molecular weight excluding hydrogens is 508 g/mol. The molecule has 1 aliphatic carbocycles. The molecule has 1 fully saturated rings. The van der Waals surface area contributed by atoms with Crippen LogP contribution >= 0.6 is 11.3 Å². The fourth-order valence-electron chi connectivity index (χ4n) is 5.91. The highest BCUT2D eigenvalue weighted by Crippen LogP contribution is 2.43. The van der Waals surface area contributed by atoms with E-state index in [1.54, 1.807) is 10.7 Å². The molecule has 1 amide bonds. The van der Waals surface area contributed by atoms with Gasteiger partial charge in [-0.15, -0.1) is 11.3 Å². The largest absolute Gasteiger partial charge is 0.477 e. The minimum Gasteiger partial charge on any atom is -0.477 e. The van der Waals surface area contributed by atoms with Gasteiger partial charge >= 0.3 is 5.97 Å². The van der Waals surface area contributed by atoms with Gasteiger partial charge in [-0.2, -0.15) is 5.10 Å². The lowest BCUT2D eigenvalue weighted by Crippen LogP contribution is -2.34. The van der Waals surface area contributed by atoms with Gasteiger partial charge in [-0.1, -0.05) is 38.8 Å². The van der Waals surface area contributed by atoms with Gasteiger partial charge in [0, 0.05) is 42.0 Å². The third-order valence-corrected chi connectivity index (χ3v) is 9.61. The molecule has 0 saturated heterocycles. The maximum absolute atomic E-state index is 12.6. The van der Waals surface area contributed by atoms with Crippen LogP contribution in [0.5, 0.6) is 0 Å². The molecule has 2 aromatic heterocycles. The van der Waals surface area contributed by atoms with E-state index in [0.29, 0.717) is 22.2 Å². The molecule has 1 aromatic carbocycles. The number of anilines is 1. The zero-order valence-corrected chi connectivity index (χ0v) is 24.1. The quantitative estimate of drug-likeness (QED) is 0.344. The van der Waals surface area contributed by atoms with Crippen molar-refractivity contribution < 1.29 is 14.7 Å². The first kappa shape index (κ1) is 27.3. The second kappa shape index (κ2) is 11.5. The summed E-state index contributed by atoms with van der Waals surface area (Å²) < 4.78 is 1.67. The number of carboxylic acid groups (broad SMARTS) is 1. The number of aryl methyl sites for hydroxylation is 2. The van der Waals surface area contributed by atoms with Gasteiger partial charge in [0.05, 0.1) is 0 Å². The average Bonchev–Trinajstić information content (AvgIpc) is 3.53. The predicted molar refractivity (Wildman–Crippen MR) is 157 cm³/mol. The Morgan fingerprint density at radius 2 is 1.85 bits per heavy atom. The van der Waals surface area contributed by atoms with E-state index in [2.05, 4.69) is 35.2 Å². The first-order chi connectivity index (χ1) is 18.7. The van der Waals surface area contributed by atoms with Crippen molar-refractivity contribution in [3.63, 3.8) is 0 Å². The lowest BCUT2D eigenvalue weighted by atomic mass is 9.75. The van der Waals surface area contributed by atoms with Gasteiger partial charge in [0.1, 0.15) is 4.88 Å². The third-order valence-electron chi connectivity index (χ3n) is 8.44. The Hall–Kier alpha value is -3.23. The first-order valence-electron chi connectivity index (χ1n) is 14.0. The van der Waals surface area contributed by atoms with Crippen LogP contribution in [-0.2, 0) is 7.05 Å². The number of carbonyl (C=O) groups is 2. The maximum Gasteiger partial charge on any atom is 0.346 e. The minimum absolute atomic E-state index is 0.256. The van der Waals surface area contributed by atoms with E-state index in [9.17, 15) is 14.7 Å². The summed E-state index contributed by atoms with van der Waals surface area (Å²) in [5, 5.41) is 17.3. The fourth-order valence-corrected chi connectivity index (χ4v) is 6.94. The number of benzene rings is 1. The Kier molecular flexibility index (Phi) is 8.05. The minimum atomic E-state index is -0.863. The highest BCUT2D eigenvalue weighted by Gasteiger charge is 2.30. The Labute approximate surface area is 234 Å². The summed E-state index contributed by atoms with van der Waals surface area (Å²) >= 11 is 1.34. The van der Waals surface area contributed by atoms with Gasteiger partial charge in [-0.05, 0) is 85.5 Å². The zero-order chi connectivity index (χ0) is 27.7. The smallest absolute Gasteiger partial charge is 0.346 e. The number of hydrogen-bond donors (Lipinski definition) is 2. The second-order valence-electron chi connectivity index (χ2n) is 11.1. The lowest BCUT2D eigenvalue weighted by molar-refractivity contribution is 0.0701. The van der Waals surface area contributed by atoms with Gasteiger partial charge in [0.25, 0.3) is 5.91 Å². The average molecular weight is 547 g/mol. The molecule has 0 bridgehead atoms. The summed E-state index contributed by atoms with van der Waals surface area (Å²) in [6.45, 7) is 9.38. The van der Waals surface area contributed by atoms with Gasteiger partial charge in [-0.25, -0.2) is 4.79 Å². The van der Waals surface area contributed by atoms with Crippen LogP contribution in [0.4, 0.5) is 5.69 Å². The van der Waals surface area contributed by atoms with Crippen molar-refractivity contribution in [1.82, 2.24) is 14.7 Å². The van der Waals surface area contributed by atoms with Crippen molar-refractivity contribution in [1.29, 1.82) is 0 Å². The number of nitrogens with zero attached hydrogens (tertiary/aromatic N) is 3. The third kappa shape index (κ3) is 5.87. The normalized spacial score (nSPS) is 20.3. The van der Waals surface area contributed by atoms with Crippen molar-refractivity contribution in [3.8, 4) is 10.4 Å². The number of likely N-dealkylation sites (N-methyl/N-ethyl adjacent to an activating group) is 1. The van der Waals surface area contributed by atoms with E-state index in [-0.39, 0.29) is 5.91 Å². The zero-order valence-electron chi connectivity index (χ0n) is 23.3. The van der Waals surface area contributed by atoms with E-state index < -0.39 is 5.97 Å². The predicted octanol–water partition coefficient (Wildman–Crippen LogP) is 6.71. The van der Waals surface area contributed by atoms with E-state index in [0.717, 1.165) is 53.7 Å². The number of aromatic nitrogens is 2. The Morgan fingerprint density at radius 3 is 2.46 bits per heavy atom. The van der Waals surface area contributed by atoms with Gasteiger partial charge < -0.3 is 10.4 Å². The Balaban J connectivity index is 1.43. The molecule has 1 aliphatic heterocycles. The number of amides is 1. The first-order valence-corrected chi connectivity index (χ1v) is 14.8. The standard InChI is InChI=1S/C31H38N4O3S/c1-5-35-15-14-24(26(18-35)21-8-6-19(2)7-9-21)25-17-28(39-29(25)31(37)38)22-10-12-23(13-11-22)32-30(36)27-16-20(3)34(4)33-27/h10-13,16-17,19,21H,5-9,14-15,18H2,1-4H3,(H,32,36)(H,37,38). The highest BCUT2D eigenvalue weighted by molar-refractivity contribution is 7.17. The molecule has 2 aliphatic rings. The van der Waals surface area contributed by atoms with Crippen LogP contribution < -0.4 is 5.32 Å². The number of carboxylic acids is 1. The molecule has 2 N–H and O–H groups in total. The summed E-state index contributed by atoms with van der Waals surface area (Å²) in [5.41, 5.74) is 6.52. The molecule has 206 valence electrons. The SMILES string of the molecule is CCN1CCC(c2cc(-c3ccc(NC(=O)c4cc(C)n(C)n4)cc3)sc2C(=O)O)=C(C2CCC(C)CC2)C1. The summed E-state index contributed by atoms with van der Waals surface area (Å²) in [6, 6.07) is 11.4. The number of rotatable bonds is 7. The number of aromatic carboxylic acids is 1. The van der Waals surface area contributed by atoms with Crippen LogP contribution in [0.3, 0.4) is 0 Å².